The van der Waals surface area contributed by atoms with Crippen LogP contribution in [0.2, 0.25) is 0 Å². The molecule has 0 aliphatic carbocycles. The minimum absolute atomic E-state index is 0.0247. The second-order valence-corrected chi connectivity index (χ2v) is 9.72. The number of nitrogens with one attached hydrogen (secondary N) is 1. The number of quaternary nitrogens is 1. The lowest BCUT2D eigenvalue weighted by atomic mass is 10.1. The third-order valence-electron chi connectivity index (χ3n) is 5.39. The van der Waals surface area contributed by atoms with Crippen molar-refractivity contribution in [1.82, 2.24) is 10.1 Å². The fourth-order valence-electron chi connectivity index (χ4n) is 3.82. The zero-order valence-corrected chi connectivity index (χ0v) is 17.6. The first-order valence-corrected chi connectivity index (χ1v) is 11.5. The lowest BCUT2D eigenvalue weighted by molar-refractivity contribution is -0.934. The van der Waals surface area contributed by atoms with Crippen molar-refractivity contribution in [3.63, 3.8) is 0 Å². The highest BCUT2D eigenvalue weighted by molar-refractivity contribution is 7.90. The summed E-state index contributed by atoms with van der Waals surface area (Å²) in [4.78, 5) is 16.0. The first-order valence-electron chi connectivity index (χ1n) is 9.85. The lowest BCUT2D eigenvalue weighted by Crippen LogP contribution is -3.09. The number of carboxylic acid groups (broad SMARTS) is 1. The molecule has 0 bridgehead atoms. The van der Waals surface area contributed by atoms with Crippen molar-refractivity contribution in [2.45, 2.75) is 35.8 Å². The van der Waals surface area contributed by atoms with Gasteiger partial charge in [0.25, 0.3) is 5.89 Å². The molecule has 1 aromatic heterocycles. The van der Waals surface area contributed by atoms with Gasteiger partial charge in [-0.25, -0.2) is 12.8 Å². The van der Waals surface area contributed by atoms with Gasteiger partial charge in [0.2, 0.25) is 0 Å². The molecule has 0 radical (unpaired) electrons. The third kappa shape index (κ3) is 4.85. The van der Waals surface area contributed by atoms with Crippen molar-refractivity contribution in [3.8, 4) is 0 Å². The minimum atomic E-state index is -3.79. The summed E-state index contributed by atoms with van der Waals surface area (Å²) in [5, 5.41) is 24.9. The van der Waals surface area contributed by atoms with Gasteiger partial charge in [0.15, 0.2) is 21.7 Å². The van der Waals surface area contributed by atoms with E-state index < -0.39 is 33.5 Å². The number of hydrogen-bond donors (Lipinski definition) is 2. The Morgan fingerprint density at radius 1 is 1.19 bits per heavy atom. The van der Waals surface area contributed by atoms with Crippen molar-refractivity contribution in [2.75, 3.05) is 6.54 Å². The van der Waals surface area contributed by atoms with Gasteiger partial charge >= 0.3 is 0 Å². The van der Waals surface area contributed by atoms with Gasteiger partial charge < -0.3 is 24.4 Å². The molecule has 0 saturated carbocycles. The summed E-state index contributed by atoms with van der Waals surface area (Å²) in [6.07, 6.45) is -0.241. The van der Waals surface area contributed by atoms with Gasteiger partial charge in [0.05, 0.1) is 10.9 Å². The van der Waals surface area contributed by atoms with E-state index in [4.69, 9.17) is 4.52 Å². The summed E-state index contributed by atoms with van der Waals surface area (Å²) in [5.74, 6) is -2.11. The standard InChI is InChI=1S/C21H20FN3O6S/c22-15-5-7-17(8-6-15)32(29,30)12-19-23-20(31-24-19)18-9-16(26)11-25(18)10-13-1-3-14(4-2-13)21(27)28/h1-8,16,18,26H,9-12H2,(H,27,28)/t16-,18+/m1/s1. The molecule has 1 unspecified atom stereocenters. The number of carbonyl (C=O) groups is 1. The van der Waals surface area contributed by atoms with Crippen LogP contribution in [-0.4, -0.2) is 42.3 Å². The van der Waals surface area contributed by atoms with Crippen LogP contribution in [0.15, 0.2) is 57.9 Å². The molecule has 0 spiro atoms. The second kappa shape index (κ2) is 8.77. The Morgan fingerprint density at radius 2 is 1.88 bits per heavy atom. The zero-order valence-electron chi connectivity index (χ0n) is 16.8. The molecule has 1 aliphatic rings. The van der Waals surface area contributed by atoms with Crippen LogP contribution in [0.1, 0.15) is 40.1 Å². The molecule has 4 rings (SSSR count). The molecule has 1 aliphatic heterocycles. The van der Waals surface area contributed by atoms with Gasteiger partial charge in [-0.1, -0.05) is 29.4 Å². The Morgan fingerprint density at radius 3 is 2.53 bits per heavy atom. The van der Waals surface area contributed by atoms with E-state index in [1.54, 1.807) is 12.1 Å². The van der Waals surface area contributed by atoms with Crippen LogP contribution in [0.4, 0.5) is 4.39 Å². The van der Waals surface area contributed by atoms with Crippen LogP contribution < -0.4 is 10.0 Å². The number of aliphatic hydroxyl groups excluding tert-OH is 1. The summed E-state index contributed by atoms with van der Waals surface area (Å²) in [6, 6.07) is 10.4. The van der Waals surface area contributed by atoms with Crippen LogP contribution in [-0.2, 0) is 22.1 Å². The average molecular weight is 461 g/mol. The van der Waals surface area contributed by atoms with Gasteiger partial charge in [-0.05, 0) is 29.8 Å². The van der Waals surface area contributed by atoms with Crippen LogP contribution in [0.25, 0.3) is 0 Å². The number of aromatic carboxylic acids is 1. The average Bonchev–Trinajstić information content (AvgIpc) is 3.34. The van der Waals surface area contributed by atoms with Crippen molar-refractivity contribution in [2.24, 2.45) is 0 Å². The highest BCUT2D eigenvalue weighted by atomic mass is 32.2. The Hall–Kier alpha value is -3.15. The highest BCUT2D eigenvalue weighted by Gasteiger charge is 2.40. The van der Waals surface area contributed by atoms with E-state index >= 15 is 0 Å². The fraction of sp³-hybridized carbons (Fsp3) is 0.286. The molecule has 1 saturated heterocycles. The Labute approximate surface area is 183 Å². The topological polar surface area (TPSA) is 138 Å². The van der Waals surface area contributed by atoms with E-state index in [0.29, 0.717) is 19.5 Å². The number of hydrogen-bond acceptors (Lipinski definition) is 8. The molecule has 3 atom stereocenters. The minimum Gasteiger partial charge on any atom is -0.545 e. The van der Waals surface area contributed by atoms with E-state index in [2.05, 4.69) is 10.1 Å². The van der Waals surface area contributed by atoms with Gasteiger partial charge in [0.1, 0.15) is 30.8 Å². The maximum Gasteiger partial charge on any atom is 0.285 e. The molecule has 11 heteroatoms. The number of aliphatic hydroxyl groups is 1. The monoisotopic (exact) mass is 461 g/mol. The van der Waals surface area contributed by atoms with Crippen LogP contribution >= 0.6 is 0 Å². The van der Waals surface area contributed by atoms with Gasteiger partial charge in [-0.3, -0.25) is 0 Å². The summed E-state index contributed by atoms with van der Waals surface area (Å²) in [6.45, 7) is 0.888. The Bertz CT molecular complexity index is 1210. The zero-order chi connectivity index (χ0) is 22.9. The van der Waals surface area contributed by atoms with E-state index in [1.807, 2.05) is 0 Å². The second-order valence-electron chi connectivity index (χ2n) is 7.73. The van der Waals surface area contributed by atoms with Gasteiger partial charge in [0, 0.05) is 12.0 Å². The lowest BCUT2D eigenvalue weighted by Gasteiger charge is -2.18. The number of rotatable bonds is 7. The molecular formula is C21H20FN3O6S. The van der Waals surface area contributed by atoms with Gasteiger partial charge in [-0.2, -0.15) is 4.98 Å². The fourth-order valence-corrected chi connectivity index (χ4v) is 5.00. The molecule has 9 nitrogen and oxygen atoms in total. The maximum atomic E-state index is 13.1. The molecule has 1 fully saturated rings. The first-order chi connectivity index (χ1) is 15.2. The molecule has 2 heterocycles. The predicted octanol–water partition coefficient (Wildman–Crippen LogP) is -0.563. The highest BCUT2D eigenvalue weighted by Crippen LogP contribution is 2.21. The third-order valence-corrected chi connectivity index (χ3v) is 7.02. The normalized spacial score (nSPS) is 21.0. The number of carbonyl (C=O) groups excluding carboxylic acids is 1. The Kier molecular flexibility index (Phi) is 6.04. The summed E-state index contributed by atoms with van der Waals surface area (Å²) < 4.78 is 43.5. The summed E-state index contributed by atoms with van der Waals surface area (Å²) >= 11 is 0. The maximum absolute atomic E-state index is 13.1. The summed E-state index contributed by atoms with van der Waals surface area (Å²) in [7, 11) is -3.79. The summed E-state index contributed by atoms with van der Waals surface area (Å²) in [5.41, 5.74) is 0.924. The predicted molar refractivity (Wildman–Crippen MR) is 105 cm³/mol. The van der Waals surface area contributed by atoms with Crippen molar-refractivity contribution in [3.05, 3.63) is 77.2 Å². The smallest absolute Gasteiger partial charge is 0.285 e. The number of likely N-dealkylation sites (tertiary alicyclic amines) is 1. The van der Waals surface area contributed by atoms with Crippen molar-refractivity contribution >= 4 is 15.8 Å². The quantitative estimate of drug-likeness (QED) is 0.447. The van der Waals surface area contributed by atoms with Crippen LogP contribution in [0.3, 0.4) is 0 Å². The van der Waals surface area contributed by atoms with Crippen molar-refractivity contribution < 1.29 is 37.2 Å². The molecular weight excluding hydrogens is 441 g/mol. The number of benzene rings is 2. The number of sulfone groups is 1. The molecule has 3 aromatic rings. The largest absolute Gasteiger partial charge is 0.545 e. The van der Waals surface area contributed by atoms with E-state index in [-0.39, 0.29) is 28.2 Å². The Balaban J connectivity index is 1.49. The van der Waals surface area contributed by atoms with E-state index in [9.17, 15) is 27.8 Å². The molecule has 2 N–H and O–H groups in total. The number of carboxylic acids is 1. The number of halogens is 1. The first kappa shape index (κ1) is 22.1. The molecule has 2 aromatic carbocycles. The van der Waals surface area contributed by atoms with E-state index in [1.165, 1.54) is 24.3 Å². The number of nitrogens with zero attached hydrogens (tertiary/aromatic N) is 2. The molecule has 0 amide bonds. The number of aromatic nitrogens is 2. The van der Waals surface area contributed by atoms with Crippen LogP contribution in [0, 0.1) is 5.82 Å². The van der Waals surface area contributed by atoms with Gasteiger partial charge in [-0.15, -0.1) is 0 Å². The van der Waals surface area contributed by atoms with Crippen molar-refractivity contribution in [1.29, 1.82) is 0 Å². The van der Waals surface area contributed by atoms with Crippen LogP contribution in [0.5, 0.6) is 0 Å². The molecule has 32 heavy (non-hydrogen) atoms. The van der Waals surface area contributed by atoms with E-state index in [0.717, 1.165) is 22.6 Å². The SMILES string of the molecule is O=C([O-])c1ccc(C[NH+]2C[C@H](O)C[C@H]2c2nc(CS(=O)(=O)c3ccc(F)cc3)no2)cc1. The molecule has 168 valence electrons.